The highest BCUT2D eigenvalue weighted by Crippen LogP contribution is 2.22. The van der Waals surface area contributed by atoms with Gasteiger partial charge in [0.05, 0.1) is 0 Å². The zero-order valence-corrected chi connectivity index (χ0v) is 12.7. The van der Waals surface area contributed by atoms with Gasteiger partial charge in [0.15, 0.2) is 0 Å². The van der Waals surface area contributed by atoms with Crippen molar-refractivity contribution in [1.82, 2.24) is 9.80 Å². The average Bonchev–Trinajstić information content (AvgIpc) is 2.93. The van der Waals surface area contributed by atoms with Gasteiger partial charge in [0.1, 0.15) is 0 Å². The van der Waals surface area contributed by atoms with Crippen molar-refractivity contribution in [2.45, 2.75) is 51.4 Å². The molecule has 116 valence electrons. The third kappa shape index (κ3) is 5.80. The van der Waals surface area contributed by atoms with Crippen LogP contribution in [0.15, 0.2) is 0 Å². The highest BCUT2D eigenvalue weighted by molar-refractivity contribution is 5.66. The van der Waals surface area contributed by atoms with Crippen LogP contribution in [0.3, 0.4) is 0 Å². The van der Waals surface area contributed by atoms with Gasteiger partial charge in [-0.05, 0) is 90.1 Å². The quantitative estimate of drug-likeness (QED) is 0.742. The Morgan fingerprint density at radius 1 is 0.950 bits per heavy atom. The fourth-order valence-corrected chi connectivity index (χ4v) is 3.56. The molecule has 0 aromatic rings. The molecule has 0 atom stereocenters. The van der Waals surface area contributed by atoms with Crippen molar-refractivity contribution in [1.29, 1.82) is 0 Å². The number of nitrogens with zero attached hydrogens (tertiary/aromatic N) is 2. The number of hydrogen-bond acceptors (Lipinski definition) is 3. The van der Waals surface area contributed by atoms with Crippen LogP contribution in [0.25, 0.3) is 0 Å². The van der Waals surface area contributed by atoms with Crippen molar-refractivity contribution < 1.29 is 9.90 Å². The van der Waals surface area contributed by atoms with Crippen molar-refractivity contribution in [3.8, 4) is 0 Å². The van der Waals surface area contributed by atoms with Crippen LogP contribution < -0.4 is 0 Å². The smallest absolute Gasteiger partial charge is 0.303 e. The van der Waals surface area contributed by atoms with Crippen LogP contribution in [0.1, 0.15) is 51.4 Å². The van der Waals surface area contributed by atoms with Crippen molar-refractivity contribution in [2.24, 2.45) is 5.92 Å². The van der Waals surface area contributed by atoms with E-state index in [1.165, 1.54) is 71.2 Å². The van der Waals surface area contributed by atoms with Gasteiger partial charge in [-0.3, -0.25) is 4.79 Å². The second-order valence-electron chi connectivity index (χ2n) is 6.47. The fourth-order valence-electron chi connectivity index (χ4n) is 3.56. The van der Waals surface area contributed by atoms with Crippen molar-refractivity contribution in [3.05, 3.63) is 0 Å². The molecule has 0 unspecified atom stereocenters. The maximum atomic E-state index is 10.5. The SMILES string of the molecule is O=C(O)CCCN1CCC(CCCN2CCCC2)CC1. The van der Waals surface area contributed by atoms with Gasteiger partial charge in [0.2, 0.25) is 0 Å². The van der Waals surface area contributed by atoms with E-state index in [4.69, 9.17) is 5.11 Å². The van der Waals surface area contributed by atoms with Gasteiger partial charge in [-0.1, -0.05) is 0 Å². The number of carbonyl (C=O) groups is 1. The van der Waals surface area contributed by atoms with E-state index in [9.17, 15) is 4.79 Å². The van der Waals surface area contributed by atoms with Crippen molar-refractivity contribution >= 4 is 5.97 Å². The highest BCUT2D eigenvalue weighted by atomic mass is 16.4. The van der Waals surface area contributed by atoms with Gasteiger partial charge >= 0.3 is 5.97 Å². The Morgan fingerprint density at radius 3 is 2.20 bits per heavy atom. The topological polar surface area (TPSA) is 43.8 Å². The van der Waals surface area contributed by atoms with Gasteiger partial charge in [-0.2, -0.15) is 0 Å². The molecule has 0 saturated carbocycles. The predicted molar refractivity (Wildman–Crippen MR) is 80.9 cm³/mol. The molecule has 1 N–H and O–H groups in total. The zero-order chi connectivity index (χ0) is 14.2. The second-order valence-corrected chi connectivity index (χ2v) is 6.47. The molecule has 2 aliphatic heterocycles. The monoisotopic (exact) mass is 282 g/mol. The summed E-state index contributed by atoms with van der Waals surface area (Å²) >= 11 is 0. The molecular weight excluding hydrogens is 252 g/mol. The molecule has 0 radical (unpaired) electrons. The summed E-state index contributed by atoms with van der Waals surface area (Å²) in [4.78, 5) is 15.6. The van der Waals surface area contributed by atoms with Crippen LogP contribution in [-0.4, -0.2) is 60.1 Å². The zero-order valence-electron chi connectivity index (χ0n) is 12.7. The number of likely N-dealkylation sites (tertiary alicyclic amines) is 2. The largest absolute Gasteiger partial charge is 0.481 e. The Hall–Kier alpha value is -0.610. The first kappa shape index (κ1) is 15.8. The van der Waals surface area contributed by atoms with Gasteiger partial charge in [-0.25, -0.2) is 0 Å². The van der Waals surface area contributed by atoms with Crippen LogP contribution in [-0.2, 0) is 4.79 Å². The van der Waals surface area contributed by atoms with E-state index < -0.39 is 5.97 Å². The molecule has 2 fully saturated rings. The summed E-state index contributed by atoms with van der Waals surface area (Å²) in [5.74, 6) is 0.245. The number of aliphatic carboxylic acids is 1. The Morgan fingerprint density at radius 2 is 1.55 bits per heavy atom. The summed E-state index contributed by atoms with van der Waals surface area (Å²) in [6.07, 6.45) is 9.29. The van der Waals surface area contributed by atoms with E-state index >= 15 is 0 Å². The number of rotatable bonds is 8. The van der Waals surface area contributed by atoms with Crippen LogP contribution in [0, 0.1) is 5.92 Å². The normalized spacial score (nSPS) is 22.4. The molecule has 0 aromatic heterocycles. The lowest BCUT2D eigenvalue weighted by Crippen LogP contribution is -2.34. The van der Waals surface area contributed by atoms with E-state index in [1.54, 1.807) is 0 Å². The first-order valence-corrected chi connectivity index (χ1v) is 8.40. The summed E-state index contributed by atoms with van der Waals surface area (Å²) in [5, 5.41) is 8.65. The number of hydrogen-bond donors (Lipinski definition) is 1. The van der Waals surface area contributed by atoms with E-state index in [1.807, 2.05) is 0 Å². The van der Waals surface area contributed by atoms with Crippen LogP contribution in [0.2, 0.25) is 0 Å². The first-order chi connectivity index (χ1) is 9.74. The lowest BCUT2D eigenvalue weighted by molar-refractivity contribution is -0.137. The average molecular weight is 282 g/mol. The van der Waals surface area contributed by atoms with Gasteiger partial charge in [0, 0.05) is 6.42 Å². The third-order valence-electron chi connectivity index (χ3n) is 4.86. The molecule has 2 saturated heterocycles. The molecule has 0 aliphatic carbocycles. The molecule has 0 amide bonds. The minimum Gasteiger partial charge on any atom is -0.481 e. The van der Waals surface area contributed by atoms with E-state index in [-0.39, 0.29) is 0 Å². The third-order valence-corrected chi connectivity index (χ3v) is 4.86. The summed E-state index contributed by atoms with van der Waals surface area (Å²) in [7, 11) is 0. The maximum Gasteiger partial charge on any atom is 0.303 e. The molecule has 4 heteroatoms. The lowest BCUT2D eigenvalue weighted by Gasteiger charge is -2.32. The Labute approximate surface area is 123 Å². The molecule has 2 aliphatic rings. The standard InChI is InChI=1S/C16H30N2O2/c19-16(20)6-4-12-18-13-7-15(8-14-18)5-3-11-17-9-1-2-10-17/h15H,1-14H2,(H,19,20). The molecular formula is C16H30N2O2. The lowest BCUT2D eigenvalue weighted by atomic mass is 9.92. The molecule has 20 heavy (non-hydrogen) atoms. The van der Waals surface area contributed by atoms with E-state index in [0.717, 1.165) is 18.9 Å². The first-order valence-electron chi connectivity index (χ1n) is 8.40. The van der Waals surface area contributed by atoms with Gasteiger partial charge in [-0.15, -0.1) is 0 Å². The number of piperidine rings is 1. The Kier molecular flexibility index (Phi) is 6.80. The minimum absolute atomic E-state index is 0.315. The minimum atomic E-state index is -0.665. The maximum absolute atomic E-state index is 10.5. The molecule has 0 aromatic carbocycles. The van der Waals surface area contributed by atoms with Crippen LogP contribution in [0.4, 0.5) is 0 Å². The molecule has 0 spiro atoms. The molecule has 4 nitrogen and oxygen atoms in total. The summed E-state index contributed by atoms with van der Waals surface area (Å²) < 4.78 is 0. The van der Waals surface area contributed by atoms with E-state index in [0.29, 0.717) is 6.42 Å². The number of carboxylic acid groups (broad SMARTS) is 1. The predicted octanol–water partition coefficient (Wildman–Crippen LogP) is 2.44. The molecule has 2 rings (SSSR count). The molecule has 0 bridgehead atoms. The number of carboxylic acids is 1. The second kappa shape index (κ2) is 8.63. The molecule has 2 heterocycles. The van der Waals surface area contributed by atoms with Gasteiger partial charge in [0.25, 0.3) is 0 Å². The van der Waals surface area contributed by atoms with Crippen LogP contribution in [0.5, 0.6) is 0 Å². The van der Waals surface area contributed by atoms with Crippen molar-refractivity contribution in [2.75, 3.05) is 39.3 Å². The summed E-state index contributed by atoms with van der Waals surface area (Å²) in [6.45, 7) is 7.26. The fraction of sp³-hybridized carbons (Fsp3) is 0.938. The van der Waals surface area contributed by atoms with Gasteiger partial charge < -0.3 is 14.9 Å². The highest BCUT2D eigenvalue weighted by Gasteiger charge is 2.19. The summed E-state index contributed by atoms with van der Waals surface area (Å²) in [6, 6.07) is 0. The Balaban J connectivity index is 1.49. The van der Waals surface area contributed by atoms with Crippen molar-refractivity contribution in [3.63, 3.8) is 0 Å². The van der Waals surface area contributed by atoms with E-state index in [2.05, 4.69) is 9.80 Å². The Bertz CT molecular complexity index is 282. The van der Waals surface area contributed by atoms with Crippen LogP contribution >= 0.6 is 0 Å². The summed E-state index contributed by atoms with van der Waals surface area (Å²) in [5.41, 5.74) is 0.